The molecule has 1 N–H and O–H groups in total. The Balaban J connectivity index is 2.53. The van der Waals surface area contributed by atoms with Crippen molar-refractivity contribution in [1.29, 1.82) is 0 Å². The Labute approximate surface area is 114 Å². The third-order valence-electron chi connectivity index (χ3n) is 2.68. The van der Waals surface area contributed by atoms with Crippen molar-refractivity contribution in [3.63, 3.8) is 0 Å². The van der Waals surface area contributed by atoms with E-state index >= 15 is 0 Å². The van der Waals surface area contributed by atoms with Crippen LogP contribution in [-0.2, 0) is 6.42 Å². The van der Waals surface area contributed by atoms with Crippen LogP contribution in [-0.4, -0.2) is 16.1 Å². The summed E-state index contributed by atoms with van der Waals surface area (Å²) in [5.41, 5.74) is 0.0358. The highest BCUT2D eigenvalue weighted by atomic mass is 19.2. The smallest absolute Gasteiger partial charge is 0.373 e. The minimum absolute atomic E-state index is 0.156. The lowest BCUT2D eigenvalue weighted by molar-refractivity contribution is 0.0661. The molecule has 0 spiro atoms. The van der Waals surface area contributed by atoms with Crippen LogP contribution in [0.5, 0.6) is 0 Å². The van der Waals surface area contributed by atoms with Crippen molar-refractivity contribution in [2.75, 3.05) is 0 Å². The van der Waals surface area contributed by atoms with Crippen molar-refractivity contribution in [2.24, 2.45) is 5.92 Å². The summed E-state index contributed by atoms with van der Waals surface area (Å²) < 4.78 is 31.9. The predicted molar refractivity (Wildman–Crippen MR) is 67.4 cm³/mol. The topological polar surface area (TPSA) is 63.3 Å². The number of nitrogens with zero attached hydrogens (tertiary/aromatic N) is 1. The van der Waals surface area contributed by atoms with Gasteiger partial charge in [-0.25, -0.2) is 18.6 Å². The molecule has 1 aromatic heterocycles. The first kappa shape index (κ1) is 14.2. The van der Waals surface area contributed by atoms with Gasteiger partial charge in [0.2, 0.25) is 11.7 Å². The molecule has 1 heterocycles. The standard InChI is InChI=1S/C14H13F2NO3/c1-7(2)6-10-12(14(18)19)20-13(17-10)8-4-3-5-9(15)11(8)16/h3-5,7H,6H2,1-2H3,(H,18,19). The Hall–Kier alpha value is -2.24. The molecule has 1 aromatic carbocycles. The van der Waals surface area contributed by atoms with Gasteiger partial charge in [-0.15, -0.1) is 0 Å². The van der Waals surface area contributed by atoms with E-state index in [9.17, 15) is 13.6 Å². The van der Waals surface area contributed by atoms with Gasteiger partial charge in [-0.1, -0.05) is 19.9 Å². The van der Waals surface area contributed by atoms with E-state index in [4.69, 9.17) is 9.52 Å². The van der Waals surface area contributed by atoms with Crippen LogP contribution in [0.2, 0.25) is 0 Å². The predicted octanol–water partition coefficient (Wildman–Crippen LogP) is 3.52. The fourth-order valence-corrected chi connectivity index (χ4v) is 1.83. The molecule has 0 bridgehead atoms. The molecule has 4 nitrogen and oxygen atoms in total. The highest BCUT2D eigenvalue weighted by molar-refractivity contribution is 5.86. The van der Waals surface area contributed by atoms with Crippen LogP contribution < -0.4 is 0 Å². The molecule has 2 aromatic rings. The molecule has 0 saturated heterocycles. The summed E-state index contributed by atoms with van der Waals surface area (Å²) in [5.74, 6) is -3.84. The Morgan fingerprint density at radius 1 is 1.40 bits per heavy atom. The van der Waals surface area contributed by atoms with Gasteiger partial charge < -0.3 is 9.52 Å². The zero-order valence-corrected chi connectivity index (χ0v) is 11.0. The average Bonchev–Trinajstić information content (AvgIpc) is 2.75. The number of carboxylic acids is 1. The van der Waals surface area contributed by atoms with Gasteiger partial charge in [0.05, 0.1) is 11.3 Å². The second-order valence-corrected chi connectivity index (χ2v) is 4.80. The van der Waals surface area contributed by atoms with Crippen LogP contribution in [0, 0.1) is 17.6 Å². The van der Waals surface area contributed by atoms with Crippen molar-refractivity contribution >= 4 is 5.97 Å². The van der Waals surface area contributed by atoms with Gasteiger partial charge >= 0.3 is 5.97 Å². The van der Waals surface area contributed by atoms with Crippen LogP contribution in [0.1, 0.15) is 30.1 Å². The molecule has 0 atom stereocenters. The number of hydrogen-bond acceptors (Lipinski definition) is 3. The Morgan fingerprint density at radius 2 is 2.10 bits per heavy atom. The lowest BCUT2D eigenvalue weighted by atomic mass is 10.1. The maximum Gasteiger partial charge on any atom is 0.373 e. The zero-order valence-electron chi connectivity index (χ0n) is 11.0. The molecular weight excluding hydrogens is 268 g/mol. The number of carboxylic acid groups (broad SMARTS) is 1. The van der Waals surface area contributed by atoms with Crippen LogP contribution >= 0.6 is 0 Å². The number of aromatic carboxylic acids is 1. The van der Waals surface area contributed by atoms with Gasteiger partial charge in [0.25, 0.3) is 0 Å². The third kappa shape index (κ3) is 2.68. The summed E-state index contributed by atoms with van der Waals surface area (Å²) in [5, 5.41) is 9.06. The van der Waals surface area contributed by atoms with Crippen molar-refractivity contribution < 1.29 is 23.1 Å². The molecule has 0 saturated carbocycles. The van der Waals surface area contributed by atoms with E-state index in [1.165, 1.54) is 12.1 Å². The molecule has 106 valence electrons. The summed E-state index contributed by atoms with van der Waals surface area (Å²) in [6.07, 6.45) is 0.377. The van der Waals surface area contributed by atoms with Crippen molar-refractivity contribution in [3.05, 3.63) is 41.3 Å². The van der Waals surface area contributed by atoms with Gasteiger partial charge in [0.15, 0.2) is 11.6 Å². The van der Waals surface area contributed by atoms with Gasteiger partial charge in [-0.2, -0.15) is 0 Å². The van der Waals surface area contributed by atoms with Crippen LogP contribution in [0.4, 0.5) is 8.78 Å². The fourth-order valence-electron chi connectivity index (χ4n) is 1.83. The minimum Gasteiger partial charge on any atom is -0.475 e. The molecule has 20 heavy (non-hydrogen) atoms. The molecule has 0 unspecified atom stereocenters. The molecule has 6 heteroatoms. The summed E-state index contributed by atoms with van der Waals surface area (Å²) in [6, 6.07) is 3.56. The Kier molecular flexibility index (Phi) is 3.83. The van der Waals surface area contributed by atoms with Crippen molar-refractivity contribution in [3.8, 4) is 11.5 Å². The summed E-state index contributed by atoms with van der Waals surface area (Å²) in [4.78, 5) is 15.1. The first-order valence-corrected chi connectivity index (χ1v) is 6.07. The van der Waals surface area contributed by atoms with Crippen LogP contribution in [0.15, 0.2) is 22.6 Å². The maximum absolute atomic E-state index is 13.7. The molecule has 0 aliphatic carbocycles. The Morgan fingerprint density at radius 3 is 2.70 bits per heavy atom. The first-order chi connectivity index (χ1) is 9.40. The van der Waals surface area contributed by atoms with E-state index in [2.05, 4.69) is 4.98 Å². The number of halogens is 2. The van der Waals surface area contributed by atoms with Crippen LogP contribution in [0.3, 0.4) is 0 Å². The molecule has 0 amide bonds. The first-order valence-electron chi connectivity index (χ1n) is 6.07. The largest absolute Gasteiger partial charge is 0.475 e. The summed E-state index contributed by atoms with van der Waals surface area (Å²) in [7, 11) is 0. The number of benzene rings is 1. The SMILES string of the molecule is CC(C)Cc1nc(-c2cccc(F)c2F)oc1C(=O)O. The zero-order chi connectivity index (χ0) is 14.9. The Bertz CT molecular complexity index is 650. The van der Waals surface area contributed by atoms with E-state index in [0.717, 1.165) is 6.07 Å². The lowest BCUT2D eigenvalue weighted by Crippen LogP contribution is -2.03. The number of oxazole rings is 1. The third-order valence-corrected chi connectivity index (χ3v) is 2.68. The van der Waals surface area contributed by atoms with E-state index in [0.29, 0.717) is 6.42 Å². The summed E-state index contributed by atoms with van der Waals surface area (Å²) in [6.45, 7) is 3.78. The highest BCUT2D eigenvalue weighted by Crippen LogP contribution is 2.27. The quantitative estimate of drug-likeness (QED) is 0.931. The second kappa shape index (κ2) is 5.40. The molecule has 2 rings (SSSR count). The second-order valence-electron chi connectivity index (χ2n) is 4.80. The molecule has 0 radical (unpaired) electrons. The van der Waals surface area contributed by atoms with Crippen LogP contribution in [0.25, 0.3) is 11.5 Å². The number of aromatic nitrogens is 1. The van der Waals surface area contributed by atoms with E-state index < -0.39 is 17.6 Å². The fraction of sp³-hybridized carbons (Fsp3) is 0.286. The van der Waals surface area contributed by atoms with Gasteiger partial charge in [-0.3, -0.25) is 0 Å². The van der Waals surface area contributed by atoms with Crippen molar-refractivity contribution in [2.45, 2.75) is 20.3 Å². The van der Waals surface area contributed by atoms with E-state index in [1.54, 1.807) is 0 Å². The average molecular weight is 281 g/mol. The van der Waals surface area contributed by atoms with Gasteiger partial charge in [0.1, 0.15) is 0 Å². The van der Waals surface area contributed by atoms with Gasteiger partial charge in [0, 0.05) is 0 Å². The van der Waals surface area contributed by atoms with Crippen molar-refractivity contribution in [1.82, 2.24) is 4.98 Å². The molecule has 0 aliphatic heterocycles. The van der Waals surface area contributed by atoms with Gasteiger partial charge in [-0.05, 0) is 24.5 Å². The highest BCUT2D eigenvalue weighted by Gasteiger charge is 2.23. The molecule has 0 fully saturated rings. The van der Waals surface area contributed by atoms with E-state index in [-0.39, 0.29) is 28.8 Å². The summed E-state index contributed by atoms with van der Waals surface area (Å²) >= 11 is 0. The molecular formula is C14H13F2NO3. The van der Waals surface area contributed by atoms with E-state index in [1.807, 2.05) is 13.8 Å². The monoisotopic (exact) mass is 281 g/mol. The number of rotatable bonds is 4. The number of hydrogen-bond donors (Lipinski definition) is 1. The molecule has 0 aliphatic rings. The lowest BCUT2D eigenvalue weighted by Gasteiger charge is -2.00. The number of carbonyl (C=O) groups is 1. The normalized spacial score (nSPS) is 11.1. The maximum atomic E-state index is 13.7. The minimum atomic E-state index is -1.28.